The van der Waals surface area contributed by atoms with Crippen LogP contribution in [0.5, 0.6) is 0 Å². The van der Waals surface area contributed by atoms with Gasteiger partial charge in [0.15, 0.2) is 5.96 Å². The molecule has 1 atom stereocenters. The lowest BCUT2D eigenvalue weighted by Gasteiger charge is -2.30. The van der Waals surface area contributed by atoms with Crippen molar-refractivity contribution in [3.05, 3.63) is 65.7 Å². The normalized spacial score (nSPS) is 16.0. The molecule has 0 radical (unpaired) electrons. The number of aryl methyl sites for hydroxylation is 1. The molecule has 142 valence electrons. The van der Waals surface area contributed by atoms with Gasteiger partial charge >= 0.3 is 0 Å². The van der Waals surface area contributed by atoms with Crippen molar-refractivity contribution in [1.82, 2.24) is 4.90 Å². The van der Waals surface area contributed by atoms with E-state index in [-0.39, 0.29) is 11.8 Å². The molecule has 0 aromatic heterocycles. The Hall–Kier alpha value is -2.86. The summed E-state index contributed by atoms with van der Waals surface area (Å²) >= 11 is 0. The zero-order chi connectivity index (χ0) is 19.1. The van der Waals surface area contributed by atoms with Crippen molar-refractivity contribution >= 4 is 17.6 Å². The Balaban J connectivity index is 1.73. The molecule has 1 aliphatic rings. The van der Waals surface area contributed by atoms with E-state index in [9.17, 15) is 4.79 Å². The van der Waals surface area contributed by atoms with Crippen LogP contribution < -0.4 is 11.1 Å². The average molecular weight is 366 g/mol. The van der Waals surface area contributed by atoms with E-state index >= 15 is 0 Å². The molecule has 1 fully saturated rings. The minimum atomic E-state index is -0.359. The van der Waals surface area contributed by atoms with Crippen LogP contribution in [-0.4, -0.2) is 49.6 Å². The molecule has 27 heavy (non-hydrogen) atoms. The molecule has 2 aromatic rings. The highest BCUT2D eigenvalue weighted by atomic mass is 16.5. The first-order valence-electron chi connectivity index (χ1n) is 9.18. The van der Waals surface area contributed by atoms with Gasteiger partial charge in [0.05, 0.1) is 25.7 Å². The van der Waals surface area contributed by atoms with Crippen LogP contribution in [0, 0.1) is 6.92 Å². The van der Waals surface area contributed by atoms with E-state index in [0.29, 0.717) is 38.8 Å². The molecular weight excluding hydrogens is 340 g/mol. The molecule has 0 aliphatic carbocycles. The van der Waals surface area contributed by atoms with Crippen molar-refractivity contribution in [1.29, 1.82) is 0 Å². The van der Waals surface area contributed by atoms with Gasteiger partial charge in [0.2, 0.25) is 5.91 Å². The molecule has 1 amide bonds. The number of hydrogen-bond acceptors (Lipinski definition) is 3. The molecule has 6 heteroatoms. The Labute approximate surface area is 160 Å². The van der Waals surface area contributed by atoms with Crippen LogP contribution in [0.2, 0.25) is 0 Å². The van der Waals surface area contributed by atoms with Crippen LogP contribution in [-0.2, 0) is 9.53 Å². The summed E-state index contributed by atoms with van der Waals surface area (Å²) in [5, 5.41) is 3.09. The van der Waals surface area contributed by atoms with Crippen molar-refractivity contribution in [2.45, 2.75) is 12.8 Å². The van der Waals surface area contributed by atoms with Crippen LogP contribution in [0.1, 0.15) is 17.0 Å². The molecule has 2 aromatic carbocycles. The maximum Gasteiger partial charge on any atom is 0.232 e. The molecule has 1 saturated heterocycles. The monoisotopic (exact) mass is 366 g/mol. The van der Waals surface area contributed by atoms with Gasteiger partial charge in [-0.25, -0.2) is 0 Å². The Kier molecular flexibility index (Phi) is 6.44. The maximum atomic E-state index is 13.1. The number of aliphatic imine (C=N–C) groups is 1. The van der Waals surface area contributed by atoms with E-state index in [4.69, 9.17) is 10.5 Å². The first-order chi connectivity index (χ1) is 13.1. The van der Waals surface area contributed by atoms with Crippen LogP contribution in [0.25, 0.3) is 0 Å². The van der Waals surface area contributed by atoms with Gasteiger partial charge in [0, 0.05) is 18.8 Å². The SMILES string of the molecule is Cc1cccc(NC(N)=NCC(C(=O)N2CCOCC2)c2ccccc2)c1. The lowest BCUT2D eigenvalue weighted by molar-refractivity contribution is -0.136. The van der Waals surface area contributed by atoms with Crippen molar-refractivity contribution in [3.8, 4) is 0 Å². The number of benzene rings is 2. The molecule has 0 saturated carbocycles. The zero-order valence-corrected chi connectivity index (χ0v) is 15.6. The van der Waals surface area contributed by atoms with Crippen molar-refractivity contribution < 1.29 is 9.53 Å². The van der Waals surface area contributed by atoms with E-state index in [1.807, 2.05) is 66.4 Å². The smallest absolute Gasteiger partial charge is 0.232 e. The maximum absolute atomic E-state index is 13.1. The zero-order valence-electron chi connectivity index (χ0n) is 15.6. The Morgan fingerprint density at radius 3 is 2.63 bits per heavy atom. The number of carbonyl (C=O) groups excluding carboxylic acids is 1. The van der Waals surface area contributed by atoms with Crippen LogP contribution in [0.3, 0.4) is 0 Å². The largest absolute Gasteiger partial charge is 0.378 e. The number of nitrogens with zero attached hydrogens (tertiary/aromatic N) is 2. The second-order valence-electron chi connectivity index (χ2n) is 6.62. The van der Waals surface area contributed by atoms with Gasteiger partial charge in [-0.05, 0) is 30.2 Å². The third kappa shape index (κ3) is 5.31. The van der Waals surface area contributed by atoms with Gasteiger partial charge in [0.1, 0.15) is 0 Å². The summed E-state index contributed by atoms with van der Waals surface area (Å²) < 4.78 is 5.36. The third-order valence-electron chi connectivity index (χ3n) is 4.56. The van der Waals surface area contributed by atoms with Crippen molar-refractivity contribution in [2.75, 3.05) is 38.2 Å². The van der Waals surface area contributed by atoms with E-state index in [0.717, 1.165) is 16.8 Å². The Morgan fingerprint density at radius 2 is 1.93 bits per heavy atom. The van der Waals surface area contributed by atoms with E-state index in [1.54, 1.807) is 0 Å². The minimum Gasteiger partial charge on any atom is -0.378 e. The fraction of sp³-hybridized carbons (Fsp3) is 0.333. The molecular formula is C21H26N4O2. The number of guanidine groups is 1. The Morgan fingerprint density at radius 1 is 1.19 bits per heavy atom. The summed E-state index contributed by atoms with van der Waals surface area (Å²) in [6, 6.07) is 17.6. The molecule has 1 unspecified atom stereocenters. The van der Waals surface area contributed by atoms with Gasteiger partial charge in [-0.1, -0.05) is 42.5 Å². The third-order valence-corrected chi connectivity index (χ3v) is 4.56. The number of rotatable bonds is 5. The number of anilines is 1. The fourth-order valence-corrected chi connectivity index (χ4v) is 3.12. The first kappa shape index (κ1) is 18.9. The van der Waals surface area contributed by atoms with Gasteiger partial charge in [0.25, 0.3) is 0 Å². The molecule has 1 aliphatic heterocycles. The highest BCUT2D eigenvalue weighted by Crippen LogP contribution is 2.20. The summed E-state index contributed by atoms with van der Waals surface area (Å²) in [5.74, 6) is 0.00933. The van der Waals surface area contributed by atoms with Crippen molar-refractivity contribution in [3.63, 3.8) is 0 Å². The number of amides is 1. The topological polar surface area (TPSA) is 79.9 Å². The summed E-state index contributed by atoms with van der Waals surface area (Å²) in [6.45, 7) is 4.70. The molecule has 0 bridgehead atoms. The number of hydrogen-bond donors (Lipinski definition) is 2. The molecule has 6 nitrogen and oxygen atoms in total. The second kappa shape index (κ2) is 9.19. The quantitative estimate of drug-likeness (QED) is 0.629. The highest BCUT2D eigenvalue weighted by Gasteiger charge is 2.27. The lowest BCUT2D eigenvalue weighted by atomic mass is 9.97. The fourth-order valence-electron chi connectivity index (χ4n) is 3.12. The average Bonchev–Trinajstić information content (AvgIpc) is 2.69. The summed E-state index contributed by atoms with van der Waals surface area (Å²) in [4.78, 5) is 19.3. The number of morpholine rings is 1. The van der Waals surface area contributed by atoms with Crippen LogP contribution >= 0.6 is 0 Å². The summed E-state index contributed by atoms with van der Waals surface area (Å²) in [7, 11) is 0. The predicted molar refractivity (Wildman–Crippen MR) is 108 cm³/mol. The molecule has 3 N–H and O–H groups in total. The van der Waals surface area contributed by atoms with Crippen LogP contribution in [0.15, 0.2) is 59.6 Å². The first-order valence-corrected chi connectivity index (χ1v) is 9.18. The summed E-state index contributed by atoms with van der Waals surface area (Å²) in [6.07, 6.45) is 0. The minimum absolute atomic E-state index is 0.0663. The van der Waals surface area contributed by atoms with E-state index < -0.39 is 0 Å². The number of carbonyl (C=O) groups is 1. The van der Waals surface area contributed by atoms with Gasteiger partial charge in [-0.3, -0.25) is 9.79 Å². The Bertz CT molecular complexity index is 786. The van der Waals surface area contributed by atoms with Gasteiger partial charge in [-0.15, -0.1) is 0 Å². The summed E-state index contributed by atoms with van der Waals surface area (Å²) in [5.41, 5.74) is 9.02. The number of nitrogens with one attached hydrogen (secondary N) is 1. The molecule has 3 rings (SSSR count). The standard InChI is InChI=1S/C21H26N4O2/c1-16-6-5-9-18(14-16)24-21(22)23-15-19(17-7-3-2-4-8-17)20(26)25-10-12-27-13-11-25/h2-9,14,19H,10-13,15H2,1H3,(H3,22,23,24). The lowest BCUT2D eigenvalue weighted by Crippen LogP contribution is -2.43. The second-order valence-corrected chi connectivity index (χ2v) is 6.62. The molecule has 0 spiro atoms. The highest BCUT2D eigenvalue weighted by molar-refractivity contribution is 5.92. The van der Waals surface area contributed by atoms with Gasteiger partial charge < -0.3 is 20.7 Å². The molecule has 1 heterocycles. The van der Waals surface area contributed by atoms with Gasteiger partial charge in [-0.2, -0.15) is 0 Å². The van der Waals surface area contributed by atoms with Crippen molar-refractivity contribution in [2.24, 2.45) is 10.7 Å². The van der Waals surface area contributed by atoms with E-state index in [2.05, 4.69) is 10.3 Å². The van der Waals surface area contributed by atoms with E-state index in [1.165, 1.54) is 0 Å². The van der Waals surface area contributed by atoms with Crippen LogP contribution in [0.4, 0.5) is 5.69 Å². The number of ether oxygens (including phenoxy) is 1. The predicted octanol–water partition coefficient (Wildman–Crippen LogP) is 2.36. The number of nitrogens with two attached hydrogens (primary N) is 1.